The van der Waals surface area contributed by atoms with Crippen LogP contribution in [0.1, 0.15) is 27.0 Å². The predicted molar refractivity (Wildman–Crippen MR) is 142 cm³/mol. The summed E-state index contributed by atoms with van der Waals surface area (Å²) in [5.74, 6) is 0.392. The van der Waals surface area contributed by atoms with Crippen LogP contribution in [0.3, 0.4) is 0 Å². The lowest BCUT2D eigenvalue weighted by atomic mass is 10.0. The molecule has 2 saturated heterocycles. The highest BCUT2D eigenvalue weighted by Gasteiger charge is 2.30. The van der Waals surface area contributed by atoms with Gasteiger partial charge in [0, 0.05) is 57.6 Å². The molecule has 3 heterocycles. The van der Waals surface area contributed by atoms with Crippen molar-refractivity contribution in [2.24, 2.45) is 0 Å². The van der Waals surface area contributed by atoms with Gasteiger partial charge in [0.25, 0.3) is 5.91 Å². The molecule has 2 aromatic carbocycles. The fourth-order valence-electron chi connectivity index (χ4n) is 5.02. The average molecular weight is 495 g/mol. The third kappa shape index (κ3) is 5.32. The Balaban J connectivity index is 1.21. The Hall–Kier alpha value is -4.22. The molecule has 0 N–H and O–H groups in total. The van der Waals surface area contributed by atoms with Crippen molar-refractivity contribution < 1.29 is 9.59 Å². The van der Waals surface area contributed by atoms with Crippen LogP contribution in [0.25, 0.3) is 0 Å². The second kappa shape index (κ2) is 10.8. The summed E-state index contributed by atoms with van der Waals surface area (Å²) >= 11 is 0. The highest BCUT2D eigenvalue weighted by atomic mass is 16.2. The molecule has 8 nitrogen and oxygen atoms in total. The molecule has 37 heavy (non-hydrogen) atoms. The second-order valence-electron chi connectivity index (χ2n) is 9.50. The second-order valence-corrected chi connectivity index (χ2v) is 9.50. The van der Waals surface area contributed by atoms with E-state index in [0.717, 1.165) is 49.5 Å². The number of amides is 2. The number of hydrogen-bond acceptors (Lipinski definition) is 6. The maximum atomic E-state index is 13.4. The molecule has 0 spiro atoms. The topological polar surface area (TPSA) is 83.8 Å². The molecule has 0 saturated carbocycles. The zero-order valence-corrected chi connectivity index (χ0v) is 21.0. The number of pyridine rings is 1. The first-order chi connectivity index (χ1) is 18.0. The normalized spacial score (nSPS) is 16.5. The van der Waals surface area contributed by atoms with Crippen molar-refractivity contribution in [1.29, 1.82) is 5.26 Å². The van der Waals surface area contributed by atoms with Gasteiger partial charge in [-0.3, -0.25) is 19.4 Å². The van der Waals surface area contributed by atoms with Gasteiger partial charge in [0.1, 0.15) is 18.4 Å². The first-order valence-corrected chi connectivity index (χ1v) is 12.6. The quantitative estimate of drug-likeness (QED) is 0.542. The van der Waals surface area contributed by atoms with E-state index >= 15 is 0 Å². The number of nitriles is 1. The molecular weight excluding hydrogens is 464 g/mol. The Labute approximate surface area is 217 Å². The van der Waals surface area contributed by atoms with Gasteiger partial charge in [-0.05, 0) is 48.4 Å². The van der Waals surface area contributed by atoms with Gasteiger partial charge in [-0.15, -0.1) is 0 Å². The molecule has 2 aliphatic heterocycles. The zero-order chi connectivity index (χ0) is 25.8. The van der Waals surface area contributed by atoms with Crippen LogP contribution in [0.15, 0.2) is 66.9 Å². The van der Waals surface area contributed by atoms with Crippen LogP contribution in [-0.4, -0.2) is 72.4 Å². The zero-order valence-electron chi connectivity index (χ0n) is 21.0. The van der Waals surface area contributed by atoms with Gasteiger partial charge in [-0.1, -0.05) is 30.3 Å². The van der Waals surface area contributed by atoms with E-state index in [9.17, 15) is 14.9 Å². The van der Waals surface area contributed by atoms with Crippen LogP contribution < -0.4 is 9.80 Å². The number of nitrogens with zero attached hydrogens (tertiary/aromatic N) is 6. The van der Waals surface area contributed by atoms with Gasteiger partial charge in [0.2, 0.25) is 5.91 Å². The van der Waals surface area contributed by atoms with E-state index < -0.39 is 0 Å². The SMILES string of the molecule is Cc1ccc(CN2CCN(c3ccccc3C#N)CC2)cc1C(=O)N1CCN(c2ccccn2)C(=O)C1. The summed E-state index contributed by atoms with van der Waals surface area (Å²) < 4.78 is 0. The van der Waals surface area contributed by atoms with Crippen LogP contribution in [0, 0.1) is 18.3 Å². The van der Waals surface area contributed by atoms with Crippen molar-refractivity contribution in [3.05, 3.63) is 89.1 Å². The number of benzene rings is 2. The Bertz CT molecular complexity index is 1330. The minimum absolute atomic E-state index is 0.0468. The number of carbonyl (C=O) groups excluding carboxylic acids is 2. The average Bonchev–Trinajstić information content (AvgIpc) is 2.94. The summed E-state index contributed by atoms with van der Waals surface area (Å²) in [4.78, 5) is 38.4. The number of aryl methyl sites for hydroxylation is 1. The van der Waals surface area contributed by atoms with E-state index in [1.165, 1.54) is 0 Å². The van der Waals surface area contributed by atoms with Crippen LogP contribution in [-0.2, 0) is 11.3 Å². The molecule has 188 valence electrons. The van der Waals surface area contributed by atoms with E-state index in [2.05, 4.69) is 26.9 Å². The lowest BCUT2D eigenvalue weighted by Crippen LogP contribution is -2.52. The molecule has 2 fully saturated rings. The van der Waals surface area contributed by atoms with Gasteiger partial charge < -0.3 is 9.80 Å². The minimum Gasteiger partial charge on any atom is -0.368 e. The molecule has 3 aromatic rings. The van der Waals surface area contributed by atoms with E-state index in [1.54, 1.807) is 16.0 Å². The lowest BCUT2D eigenvalue weighted by Gasteiger charge is -2.36. The Morgan fingerprint density at radius 3 is 2.49 bits per heavy atom. The van der Waals surface area contributed by atoms with Crippen LogP contribution >= 0.6 is 0 Å². The number of carbonyl (C=O) groups is 2. The van der Waals surface area contributed by atoms with Crippen molar-refractivity contribution >= 4 is 23.3 Å². The van der Waals surface area contributed by atoms with E-state index in [0.29, 0.717) is 30.0 Å². The standard InChI is InChI=1S/C29H30N6O2/c1-22-9-10-23(20-32-12-14-33(15-13-32)26-7-3-2-6-24(26)19-30)18-25(22)29(37)34-16-17-35(28(36)21-34)27-8-4-5-11-31-27/h2-11,18H,12-17,20-21H2,1H3. The largest absolute Gasteiger partial charge is 0.368 e. The Kier molecular flexibility index (Phi) is 7.15. The van der Waals surface area contributed by atoms with Gasteiger partial charge >= 0.3 is 0 Å². The summed E-state index contributed by atoms with van der Waals surface area (Å²) in [6.07, 6.45) is 1.67. The summed E-state index contributed by atoms with van der Waals surface area (Å²) in [5.41, 5.74) is 4.34. The number of hydrogen-bond donors (Lipinski definition) is 0. The van der Waals surface area contributed by atoms with E-state index in [1.807, 2.05) is 61.5 Å². The fraction of sp³-hybridized carbons (Fsp3) is 0.310. The number of para-hydroxylation sites is 1. The van der Waals surface area contributed by atoms with Gasteiger partial charge in [0.15, 0.2) is 0 Å². The summed E-state index contributed by atoms with van der Waals surface area (Å²) in [6, 6.07) is 21.5. The molecule has 0 unspecified atom stereocenters. The van der Waals surface area contributed by atoms with Crippen LogP contribution in [0.4, 0.5) is 11.5 Å². The monoisotopic (exact) mass is 494 g/mol. The molecule has 2 aliphatic rings. The van der Waals surface area contributed by atoms with Crippen LogP contribution in [0.2, 0.25) is 0 Å². The first kappa shape index (κ1) is 24.5. The molecule has 0 atom stereocenters. The minimum atomic E-state index is -0.122. The number of anilines is 2. The fourth-order valence-corrected chi connectivity index (χ4v) is 5.02. The first-order valence-electron chi connectivity index (χ1n) is 12.6. The maximum Gasteiger partial charge on any atom is 0.254 e. The Morgan fingerprint density at radius 1 is 0.973 bits per heavy atom. The van der Waals surface area contributed by atoms with Crippen molar-refractivity contribution in [3.63, 3.8) is 0 Å². The summed E-state index contributed by atoms with van der Waals surface area (Å²) in [5, 5.41) is 9.42. The molecule has 0 aliphatic carbocycles. The Morgan fingerprint density at radius 2 is 1.76 bits per heavy atom. The predicted octanol–water partition coefficient (Wildman–Crippen LogP) is 3.07. The smallest absolute Gasteiger partial charge is 0.254 e. The lowest BCUT2D eigenvalue weighted by molar-refractivity contribution is -0.120. The van der Waals surface area contributed by atoms with Crippen molar-refractivity contribution in [3.8, 4) is 6.07 Å². The molecular formula is C29H30N6O2. The maximum absolute atomic E-state index is 13.4. The highest BCUT2D eigenvalue weighted by molar-refractivity contribution is 6.02. The molecule has 0 bridgehead atoms. The van der Waals surface area contributed by atoms with Gasteiger partial charge in [0.05, 0.1) is 11.3 Å². The van der Waals surface area contributed by atoms with Crippen molar-refractivity contribution in [2.45, 2.75) is 13.5 Å². The van der Waals surface area contributed by atoms with E-state index in [4.69, 9.17) is 0 Å². The third-order valence-corrected chi connectivity index (χ3v) is 7.11. The molecule has 8 heteroatoms. The molecule has 1 aromatic heterocycles. The number of rotatable bonds is 5. The van der Waals surface area contributed by atoms with Gasteiger partial charge in [-0.25, -0.2) is 4.98 Å². The summed E-state index contributed by atoms with van der Waals surface area (Å²) in [7, 11) is 0. The number of piperazine rings is 2. The highest BCUT2D eigenvalue weighted by Crippen LogP contribution is 2.23. The van der Waals surface area contributed by atoms with Crippen LogP contribution in [0.5, 0.6) is 0 Å². The van der Waals surface area contributed by atoms with E-state index in [-0.39, 0.29) is 18.4 Å². The van der Waals surface area contributed by atoms with Gasteiger partial charge in [-0.2, -0.15) is 5.26 Å². The van der Waals surface area contributed by atoms with Crippen molar-refractivity contribution in [1.82, 2.24) is 14.8 Å². The molecule has 5 rings (SSSR count). The molecule has 2 amide bonds. The summed E-state index contributed by atoms with van der Waals surface area (Å²) in [6.45, 7) is 7.08. The van der Waals surface area contributed by atoms with Crippen molar-refractivity contribution in [2.75, 3.05) is 55.6 Å². The molecule has 0 radical (unpaired) electrons. The number of aromatic nitrogens is 1. The third-order valence-electron chi connectivity index (χ3n) is 7.11.